The molecule has 0 aliphatic carbocycles. The van der Waals surface area contributed by atoms with E-state index in [2.05, 4.69) is 54.6 Å². The molecule has 3 aromatic rings. The van der Waals surface area contributed by atoms with Crippen molar-refractivity contribution >= 4 is 23.5 Å². The van der Waals surface area contributed by atoms with Crippen molar-refractivity contribution in [1.82, 2.24) is 0 Å². The Bertz CT molecular complexity index is 830. The molecule has 3 aromatic carbocycles. The molecule has 0 amide bonds. The highest BCUT2D eigenvalue weighted by Gasteiger charge is 2.19. The van der Waals surface area contributed by atoms with Gasteiger partial charge < -0.3 is 5.11 Å². The number of hydrogen-bond acceptors (Lipinski definition) is 3. The minimum atomic E-state index is 0.0317. The third-order valence-electron chi connectivity index (χ3n) is 4.04. The molecular weight excluding hydrogens is 320 g/mol. The topological polar surface area (TPSA) is 20.2 Å². The van der Waals surface area contributed by atoms with Crippen molar-refractivity contribution in [2.45, 2.75) is 25.5 Å². The summed E-state index contributed by atoms with van der Waals surface area (Å²) in [6.07, 6.45) is 0. The maximum atomic E-state index is 9.88. The lowest BCUT2D eigenvalue weighted by atomic mass is 9.92. The Labute approximate surface area is 144 Å². The van der Waals surface area contributed by atoms with Gasteiger partial charge in [-0.2, -0.15) is 0 Å². The molecule has 0 fully saturated rings. The molecule has 1 atom stereocenters. The van der Waals surface area contributed by atoms with Crippen molar-refractivity contribution in [1.29, 1.82) is 0 Å². The second-order valence-electron chi connectivity index (χ2n) is 5.50. The summed E-state index contributed by atoms with van der Waals surface area (Å²) in [6, 6.07) is 25.3. The minimum absolute atomic E-state index is 0.0317. The van der Waals surface area contributed by atoms with Crippen LogP contribution in [0.15, 0.2) is 92.4 Å². The lowest BCUT2D eigenvalue weighted by Crippen LogP contribution is -2.06. The third-order valence-corrected chi connectivity index (χ3v) is 6.59. The zero-order chi connectivity index (χ0) is 15.6. The molecular formula is C20H16OS2. The lowest BCUT2D eigenvalue weighted by molar-refractivity contribution is 0.280. The fourth-order valence-corrected chi connectivity index (χ4v) is 5.11. The summed E-state index contributed by atoms with van der Waals surface area (Å²) in [5.41, 5.74) is 2.33. The minimum Gasteiger partial charge on any atom is -0.395 e. The zero-order valence-electron chi connectivity index (χ0n) is 12.5. The van der Waals surface area contributed by atoms with Crippen molar-refractivity contribution in [3.8, 4) is 0 Å². The predicted octanol–water partition coefficient (Wildman–Crippen LogP) is 5.43. The second-order valence-corrected chi connectivity index (χ2v) is 7.67. The standard InChI is InChI=1S/C20H16OS2/c21-13-16(14-6-2-1-3-7-14)15-10-11-19-20(12-15)23-18-9-5-4-8-17(18)22-19/h1-12,16,21H,13H2. The molecule has 1 nitrogen and oxygen atoms in total. The van der Waals surface area contributed by atoms with Gasteiger partial charge in [-0.25, -0.2) is 0 Å². The first-order valence-electron chi connectivity index (χ1n) is 7.59. The van der Waals surface area contributed by atoms with E-state index in [4.69, 9.17) is 0 Å². The largest absolute Gasteiger partial charge is 0.395 e. The molecule has 1 unspecified atom stereocenters. The van der Waals surface area contributed by atoms with Crippen LogP contribution in [0.1, 0.15) is 17.0 Å². The molecule has 3 heteroatoms. The smallest absolute Gasteiger partial charge is 0.0540 e. The molecule has 4 rings (SSSR count). The summed E-state index contributed by atoms with van der Waals surface area (Å²) in [6.45, 7) is 0.122. The molecule has 0 radical (unpaired) electrons. The van der Waals surface area contributed by atoms with E-state index in [1.54, 1.807) is 0 Å². The van der Waals surface area contributed by atoms with Gasteiger partial charge in [0.15, 0.2) is 0 Å². The number of fused-ring (bicyclic) bond motifs is 2. The average molecular weight is 336 g/mol. The third kappa shape index (κ3) is 2.92. The second kappa shape index (κ2) is 6.44. The highest BCUT2D eigenvalue weighted by molar-refractivity contribution is 8.05. The molecule has 0 saturated heterocycles. The lowest BCUT2D eigenvalue weighted by Gasteiger charge is -2.21. The molecule has 114 valence electrons. The summed E-state index contributed by atoms with van der Waals surface area (Å²) in [4.78, 5) is 5.20. The van der Waals surface area contributed by atoms with Gasteiger partial charge in [-0.05, 0) is 35.4 Å². The van der Waals surface area contributed by atoms with E-state index < -0.39 is 0 Å². The fourth-order valence-electron chi connectivity index (χ4n) is 2.85. The van der Waals surface area contributed by atoms with Crippen molar-refractivity contribution < 1.29 is 5.11 Å². The zero-order valence-corrected chi connectivity index (χ0v) is 14.1. The van der Waals surface area contributed by atoms with Gasteiger partial charge in [0.2, 0.25) is 0 Å². The van der Waals surface area contributed by atoms with E-state index in [1.165, 1.54) is 25.1 Å². The maximum Gasteiger partial charge on any atom is 0.0540 e. The Morgan fingerprint density at radius 3 is 1.96 bits per heavy atom. The van der Waals surface area contributed by atoms with Crippen LogP contribution in [0.5, 0.6) is 0 Å². The number of rotatable bonds is 3. The van der Waals surface area contributed by atoms with Crippen molar-refractivity contribution in [2.75, 3.05) is 6.61 Å². The highest BCUT2D eigenvalue weighted by atomic mass is 32.2. The first-order chi connectivity index (χ1) is 11.3. The Balaban J connectivity index is 1.71. The van der Waals surface area contributed by atoms with Gasteiger partial charge >= 0.3 is 0 Å². The SMILES string of the molecule is OCC(c1ccccc1)c1ccc2c(c1)Sc1ccccc1S2. The number of aliphatic hydroxyl groups is 1. The van der Waals surface area contributed by atoms with Crippen LogP contribution >= 0.6 is 23.5 Å². The van der Waals surface area contributed by atoms with Gasteiger partial charge in [-0.15, -0.1) is 0 Å². The Morgan fingerprint density at radius 2 is 1.26 bits per heavy atom. The van der Waals surface area contributed by atoms with Crippen molar-refractivity contribution in [3.05, 3.63) is 83.9 Å². The number of aliphatic hydroxyl groups excluding tert-OH is 1. The van der Waals surface area contributed by atoms with Crippen LogP contribution in [0.3, 0.4) is 0 Å². The molecule has 0 aromatic heterocycles. The van der Waals surface area contributed by atoms with Crippen LogP contribution in [0, 0.1) is 0 Å². The quantitative estimate of drug-likeness (QED) is 0.539. The number of hydrogen-bond donors (Lipinski definition) is 1. The average Bonchev–Trinajstić information content (AvgIpc) is 2.61. The van der Waals surface area contributed by atoms with Crippen LogP contribution in [0.2, 0.25) is 0 Å². The first kappa shape index (κ1) is 14.9. The van der Waals surface area contributed by atoms with Crippen LogP contribution in [-0.4, -0.2) is 11.7 Å². The Morgan fingerprint density at radius 1 is 0.652 bits per heavy atom. The van der Waals surface area contributed by atoms with E-state index in [-0.39, 0.29) is 12.5 Å². The first-order valence-corrected chi connectivity index (χ1v) is 9.23. The van der Waals surface area contributed by atoms with Crippen molar-refractivity contribution in [3.63, 3.8) is 0 Å². The Kier molecular flexibility index (Phi) is 4.17. The fraction of sp³-hybridized carbons (Fsp3) is 0.100. The normalized spacial score (nSPS) is 14.0. The van der Waals surface area contributed by atoms with Crippen molar-refractivity contribution in [2.24, 2.45) is 0 Å². The predicted molar refractivity (Wildman–Crippen MR) is 96.5 cm³/mol. The monoisotopic (exact) mass is 336 g/mol. The van der Waals surface area contributed by atoms with E-state index in [0.29, 0.717) is 0 Å². The molecule has 1 aliphatic rings. The van der Waals surface area contributed by atoms with Gasteiger partial charge in [0.1, 0.15) is 0 Å². The van der Waals surface area contributed by atoms with Gasteiger partial charge in [-0.1, -0.05) is 72.1 Å². The van der Waals surface area contributed by atoms with Gasteiger partial charge in [0, 0.05) is 25.5 Å². The summed E-state index contributed by atoms with van der Waals surface area (Å²) < 4.78 is 0. The summed E-state index contributed by atoms with van der Waals surface area (Å²) in [5, 5.41) is 9.88. The summed E-state index contributed by atoms with van der Waals surface area (Å²) in [5.74, 6) is 0.0317. The van der Waals surface area contributed by atoms with Gasteiger partial charge in [0.05, 0.1) is 6.61 Å². The van der Waals surface area contributed by atoms with Gasteiger partial charge in [0.25, 0.3) is 0 Å². The molecule has 1 heterocycles. The van der Waals surface area contributed by atoms with Crippen LogP contribution < -0.4 is 0 Å². The molecule has 1 N–H and O–H groups in total. The summed E-state index contributed by atoms with van der Waals surface area (Å²) >= 11 is 3.64. The molecule has 1 aliphatic heterocycles. The van der Waals surface area contributed by atoms with E-state index in [9.17, 15) is 5.11 Å². The van der Waals surface area contributed by atoms with Crippen LogP contribution in [0.25, 0.3) is 0 Å². The number of benzene rings is 3. The molecule has 0 saturated carbocycles. The molecule has 0 spiro atoms. The van der Waals surface area contributed by atoms with E-state index >= 15 is 0 Å². The van der Waals surface area contributed by atoms with Gasteiger partial charge in [-0.3, -0.25) is 0 Å². The van der Waals surface area contributed by atoms with E-state index in [1.807, 2.05) is 41.7 Å². The highest BCUT2D eigenvalue weighted by Crippen LogP contribution is 2.49. The molecule has 0 bridgehead atoms. The summed E-state index contributed by atoms with van der Waals surface area (Å²) in [7, 11) is 0. The molecule has 23 heavy (non-hydrogen) atoms. The van der Waals surface area contributed by atoms with Crippen LogP contribution in [0.4, 0.5) is 0 Å². The van der Waals surface area contributed by atoms with Crippen LogP contribution in [-0.2, 0) is 0 Å². The maximum absolute atomic E-state index is 9.88. The Hall–Kier alpha value is -1.68. The van der Waals surface area contributed by atoms with E-state index in [0.717, 1.165) is 5.56 Å².